The van der Waals surface area contributed by atoms with Crippen LogP contribution in [0.2, 0.25) is 0 Å². The van der Waals surface area contributed by atoms with Crippen LogP contribution in [0.25, 0.3) is 0 Å². The van der Waals surface area contributed by atoms with Gasteiger partial charge >= 0.3 is 0 Å². The Balaban J connectivity index is 0.00000144. The Morgan fingerprint density at radius 1 is 1.46 bits per heavy atom. The molecule has 1 aromatic rings. The van der Waals surface area contributed by atoms with E-state index in [0.717, 1.165) is 4.47 Å². The van der Waals surface area contributed by atoms with Crippen molar-refractivity contribution >= 4 is 34.2 Å². The number of halogens is 2. The molecule has 0 fully saturated rings. The van der Waals surface area contributed by atoms with Gasteiger partial charge in [-0.25, -0.2) is 0 Å². The average Bonchev–Trinajstić information content (AvgIpc) is 2.03. The topological polar surface area (TPSA) is 59.1 Å². The van der Waals surface area contributed by atoms with Crippen molar-refractivity contribution in [2.75, 3.05) is 7.11 Å². The highest BCUT2D eigenvalue weighted by Gasteiger charge is 2.00. The second kappa shape index (κ2) is 5.09. The predicted molar refractivity (Wildman–Crippen MR) is 59.0 cm³/mol. The highest BCUT2D eigenvalue weighted by Crippen LogP contribution is 2.20. The Morgan fingerprint density at radius 3 is 2.54 bits per heavy atom. The minimum atomic E-state index is 0. The van der Waals surface area contributed by atoms with Crippen LogP contribution in [0.1, 0.15) is 5.56 Å². The first-order valence-corrected chi connectivity index (χ1v) is 4.12. The Morgan fingerprint density at radius 2 is 2.08 bits per heavy atom. The molecule has 1 aromatic carbocycles. The van der Waals surface area contributed by atoms with Gasteiger partial charge in [-0.1, -0.05) is 15.9 Å². The second-order valence-electron chi connectivity index (χ2n) is 2.29. The molecule has 0 spiro atoms. The minimum absolute atomic E-state index is 0. The first-order chi connectivity index (χ1) is 5.63. The quantitative estimate of drug-likeness (QED) is 0.636. The summed E-state index contributed by atoms with van der Waals surface area (Å²) in [6, 6.07) is 5.30. The standard InChI is InChI=1S/C8H9BrN2O.ClH/c1-12-7-3-5(8(10)11)2-6(9)4-7;/h2-4H,1H3,(H3,10,11);1H. The molecule has 1 rings (SSSR count). The largest absolute Gasteiger partial charge is 0.497 e. The van der Waals surface area contributed by atoms with Crippen molar-refractivity contribution in [1.82, 2.24) is 0 Å². The Labute approximate surface area is 91.3 Å². The van der Waals surface area contributed by atoms with E-state index in [1.807, 2.05) is 6.07 Å². The number of hydrogen-bond acceptors (Lipinski definition) is 2. The van der Waals surface area contributed by atoms with Crippen LogP contribution >= 0.6 is 28.3 Å². The fourth-order valence-corrected chi connectivity index (χ4v) is 1.31. The molecule has 0 radical (unpaired) electrons. The molecule has 0 aliphatic heterocycles. The van der Waals surface area contributed by atoms with Crippen molar-refractivity contribution in [3.8, 4) is 5.75 Å². The van der Waals surface area contributed by atoms with Crippen LogP contribution in [-0.4, -0.2) is 12.9 Å². The van der Waals surface area contributed by atoms with Crippen LogP contribution in [0.3, 0.4) is 0 Å². The number of hydrogen-bond donors (Lipinski definition) is 2. The van der Waals surface area contributed by atoms with Crippen LogP contribution in [0, 0.1) is 5.41 Å². The third-order valence-corrected chi connectivity index (χ3v) is 1.88. The van der Waals surface area contributed by atoms with E-state index in [0.29, 0.717) is 11.3 Å². The van der Waals surface area contributed by atoms with Gasteiger partial charge in [-0.2, -0.15) is 0 Å². The van der Waals surface area contributed by atoms with Crippen LogP contribution < -0.4 is 10.5 Å². The molecular weight excluding hydrogens is 255 g/mol. The maximum atomic E-state index is 7.21. The summed E-state index contributed by atoms with van der Waals surface area (Å²) < 4.78 is 5.86. The number of nitrogens with two attached hydrogens (primary N) is 1. The molecular formula is C8H10BrClN2O. The third kappa shape index (κ3) is 3.24. The Bertz CT molecular complexity index is 317. The van der Waals surface area contributed by atoms with E-state index in [1.165, 1.54) is 0 Å². The van der Waals surface area contributed by atoms with Gasteiger partial charge in [0.15, 0.2) is 0 Å². The van der Waals surface area contributed by atoms with Crippen molar-refractivity contribution in [2.24, 2.45) is 5.73 Å². The summed E-state index contributed by atoms with van der Waals surface area (Å²) in [7, 11) is 1.58. The second-order valence-corrected chi connectivity index (χ2v) is 3.21. The molecule has 3 nitrogen and oxygen atoms in total. The lowest BCUT2D eigenvalue weighted by Crippen LogP contribution is -2.10. The Hall–Kier alpha value is -0.740. The molecule has 72 valence electrons. The lowest BCUT2D eigenvalue weighted by Gasteiger charge is -2.03. The van der Waals surface area contributed by atoms with E-state index in [1.54, 1.807) is 19.2 Å². The number of amidine groups is 1. The van der Waals surface area contributed by atoms with Crippen LogP contribution in [0.4, 0.5) is 0 Å². The summed E-state index contributed by atoms with van der Waals surface area (Å²) in [5.41, 5.74) is 5.97. The van der Waals surface area contributed by atoms with Gasteiger partial charge in [0.05, 0.1) is 7.11 Å². The highest BCUT2D eigenvalue weighted by atomic mass is 79.9. The molecule has 0 aromatic heterocycles. The summed E-state index contributed by atoms with van der Waals surface area (Å²) >= 11 is 3.29. The van der Waals surface area contributed by atoms with Crippen LogP contribution in [0.5, 0.6) is 5.75 Å². The molecule has 0 unspecified atom stereocenters. The molecule has 0 amide bonds. The van der Waals surface area contributed by atoms with Gasteiger partial charge in [-0.15, -0.1) is 12.4 Å². The van der Waals surface area contributed by atoms with Gasteiger partial charge in [0, 0.05) is 10.0 Å². The number of nitrogens with one attached hydrogen (secondary N) is 1. The lowest BCUT2D eigenvalue weighted by molar-refractivity contribution is 0.414. The molecule has 0 saturated carbocycles. The molecule has 13 heavy (non-hydrogen) atoms. The third-order valence-electron chi connectivity index (χ3n) is 1.42. The zero-order valence-corrected chi connectivity index (χ0v) is 9.41. The molecule has 0 saturated heterocycles. The van der Waals surface area contributed by atoms with Gasteiger partial charge in [0.2, 0.25) is 0 Å². The highest BCUT2D eigenvalue weighted by molar-refractivity contribution is 9.10. The zero-order chi connectivity index (χ0) is 9.14. The summed E-state index contributed by atoms with van der Waals surface area (Å²) in [6.07, 6.45) is 0. The smallest absolute Gasteiger partial charge is 0.122 e. The van der Waals surface area contributed by atoms with Crippen LogP contribution in [-0.2, 0) is 0 Å². The van der Waals surface area contributed by atoms with Crippen molar-refractivity contribution in [1.29, 1.82) is 5.41 Å². The number of benzene rings is 1. The van der Waals surface area contributed by atoms with Crippen LogP contribution in [0.15, 0.2) is 22.7 Å². The van der Waals surface area contributed by atoms with E-state index < -0.39 is 0 Å². The fourth-order valence-electron chi connectivity index (χ4n) is 0.836. The van der Waals surface area contributed by atoms with Crippen molar-refractivity contribution in [3.05, 3.63) is 28.2 Å². The van der Waals surface area contributed by atoms with Gasteiger partial charge in [-0.3, -0.25) is 5.41 Å². The molecule has 0 atom stereocenters. The zero-order valence-electron chi connectivity index (χ0n) is 7.00. The van der Waals surface area contributed by atoms with E-state index in [-0.39, 0.29) is 18.2 Å². The fraction of sp³-hybridized carbons (Fsp3) is 0.125. The van der Waals surface area contributed by atoms with Crippen molar-refractivity contribution in [2.45, 2.75) is 0 Å². The van der Waals surface area contributed by atoms with Crippen molar-refractivity contribution < 1.29 is 4.74 Å². The summed E-state index contributed by atoms with van der Waals surface area (Å²) in [6.45, 7) is 0. The molecule has 0 aliphatic carbocycles. The molecule has 5 heteroatoms. The number of ether oxygens (including phenoxy) is 1. The molecule has 0 bridgehead atoms. The van der Waals surface area contributed by atoms with E-state index in [2.05, 4.69) is 15.9 Å². The predicted octanol–water partition coefficient (Wildman–Crippen LogP) is 2.16. The summed E-state index contributed by atoms with van der Waals surface area (Å²) in [4.78, 5) is 0. The Kier molecular flexibility index (Phi) is 4.80. The number of rotatable bonds is 2. The van der Waals surface area contributed by atoms with Gasteiger partial charge in [0.1, 0.15) is 11.6 Å². The number of methoxy groups -OCH3 is 1. The van der Waals surface area contributed by atoms with E-state index >= 15 is 0 Å². The van der Waals surface area contributed by atoms with Crippen molar-refractivity contribution in [3.63, 3.8) is 0 Å². The first-order valence-electron chi connectivity index (χ1n) is 3.32. The molecule has 3 N–H and O–H groups in total. The molecule has 0 aliphatic rings. The minimum Gasteiger partial charge on any atom is -0.497 e. The van der Waals surface area contributed by atoms with E-state index in [4.69, 9.17) is 15.9 Å². The lowest BCUT2D eigenvalue weighted by atomic mass is 10.2. The average molecular weight is 266 g/mol. The number of nitrogen functional groups attached to an aromatic ring is 1. The maximum absolute atomic E-state index is 7.21. The monoisotopic (exact) mass is 264 g/mol. The molecule has 0 heterocycles. The SMILES string of the molecule is COc1cc(Br)cc(C(=N)N)c1.Cl. The van der Waals surface area contributed by atoms with Gasteiger partial charge < -0.3 is 10.5 Å². The summed E-state index contributed by atoms with van der Waals surface area (Å²) in [5.74, 6) is 0.726. The van der Waals surface area contributed by atoms with E-state index in [9.17, 15) is 0 Å². The van der Waals surface area contributed by atoms with Gasteiger partial charge in [0.25, 0.3) is 0 Å². The first kappa shape index (κ1) is 12.3. The van der Waals surface area contributed by atoms with Gasteiger partial charge in [-0.05, 0) is 18.2 Å². The summed E-state index contributed by atoms with van der Waals surface area (Å²) in [5, 5.41) is 7.21. The maximum Gasteiger partial charge on any atom is 0.122 e. The normalized spacial score (nSPS) is 8.77.